The van der Waals surface area contributed by atoms with Crippen molar-refractivity contribution in [3.8, 4) is 17.1 Å². The third kappa shape index (κ3) is 3.58. The molecule has 2 heterocycles. The lowest BCUT2D eigenvalue weighted by atomic mass is 9.97. The summed E-state index contributed by atoms with van der Waals surface area (Å²) in [5.41, 5.74) is 2.06. The molecule has 3 aromatic rings. The Morgan fingerprint density at radius 1 is 1.23 bits per heavy atom. The predicted octanol–water partition coefficient (Wildman–Crippen LogP) is 4.75. The molecule has 1 aromatic heterocycles. The molecule has 30 heavy (non-hydrogen) atoms. The molecular weight excluding hydrogens is 399 g/mol. The molecule has 0 spiro atoms. The number of methoxy groups -OCH3 is 1. The first-order chi connectivity index (χ1) is 14.4. The topological polar surface area (TPSA) is 67.6 Å². The first-order valence-electron chi connectivity index (χ1n) is 9.21. The summed E-state index contributed by atoms with van der Waals surface area (Å²) in [6, 6.07) is 7.91. The first-order valence-corrected chi connectivity index (χ1v) is 9.21. The van der Waals surface area contributed by atoms with Gasteiger partial charge in [0.05, 0.1) is 19.3 Å². The minimum Gasteiger partial charge on any atom is -0.497 e. The molecule has 1 aliphatic rings. The van der Waals surface area contributed by atoms with Gasteiger partial charge in [-0.2, -0.15) is 0 Å². The molecule has 0 saturated carbocycles. The molecular formula is C21H18F3N3O3. The summed E-state index contributed by atoms with van der Waals surface area (Å²) in [6.45, 7) is 2.01. The molecule has 1 N–H and O–H groups in total. The minimum atomic E-state index is -1.59. The summed E-state index contributed by atoms with van der Waals surface area (Å²) in [7, 11) is 1.56. The lowest BCUT2D eigenvalue weighted by Gasteiger charge is -2.32. The van der Waals surface area contributed by atoms with Gasteiger partial charge in [0, 0.05) is 41.4 Å². The van der Waals surface area contributed by atoms with Crippen LogP contribution in [0.25, 0.3) is 11.3 Å². The number of hydrogen-bond acceptors (Lipinski definition) is 4. The number of urea groups is 1. The molecule has 1 aliphatic heterocycles. The van der Waals surface area contributed by atoms with E-state index in [1.165, 1.54) is 4.90 Å². The number of aromatic nitrogens is 1. The van der Waals surface area contributed by atoms with Crippen LogP contribution in [0.15, 0.2) is 40.9 Å². The molecule has 156 valence electrons. The van der Waals surface area contributed by atoms with Crippen molar-refractivity contribution in [1.82, 2.24) is 10.1 Å². The summed E-state index contributed by atoms with van der Waals surface area (Å²) >= 11 is 0. The summed E-state index contributed by atoms with van der Waals surface area (Å²) in [5.74, 6) is -3.17. The fourth-order valence-electron chi connectivity index (χ4n) is 3.47. The fraction of sp³-hybridized carbons (Fsp3) is 0.238. The monoisotopic (exact) mass is 417 g/mol. The average Bonchev–Trinajstić information content (AvgIpc) is 3.14. The van der Waals surface area contributed by atoms with E-state index in [9.17, 15) is 18.0 Å². The van der Waals surface area contributed by atoms with Gasteiger partial charge in [-0.05, 0) is 19.1 Å². The molecule has 1 atom stereocenters. The lowest BCUT2D eigenvalue weighted by molar-refractivity contribution is 0.182. The Labute approximate surface area is 170 Å². The van der Waals surface area contributed by atoms with Crippen molar-refractivity contribution >= 4 is 11.7 Å². The van der Waals surface area contributed by atoms with E-state index in [4.69, 9.17) is 9.26 Å². The highest BCUT2D eigenvalue weighted by atomic mass is 19.2. The highest BCUT2D eigenvalue weighted by Crippen LogP contribution is 2.34. The summed E-state index contributed by atoms with van der Waals surface area (Å²) in [6.07, 6.45) is 0.447. The van der Waals surface area contributed by atoms with E-state index in [0.29, 0.717) is 17.9 Å². The van der Waals surface area contributed by atoms with Crippen LogP contribution in [-0.2, 0) is 13.0 Å². The zero-order valence-corrected chi connectivity index (χ0v) is 16.2. The van der Waals surface area contributed by atoms with E-state index >= 15 is 0 Å². The predicted molar refractivity (Wildman–Crippen MR) is 103 cm³/mol. The van der Waals surface area contributed by atoms with E-state index in [1.54, 1.807) is 19.2 Å². The van der Waals surface area contributed by atoms with E-state index in [2.05, 4.69) is 10.5 Å². The highest BCUT2D eigenvalue weighted by molar-refractivity contribution is 5.90. The molecule has 0 bridgehead atoms. The van der Waals surface area contributed by atoms with Gasteiger partial charge in [0.25, 0.3) is 0 Å². The number of amides is 2. The quantitative estimate of drug-likeness (QED) is 0.625. The Bertz CT molecular complexity index is 1090. The molecule has 0 radical (unpaired) electrons. The van der Waals surface area contributed by atoms with E-state index in [1.807, 2.05) is 19.1 Å². The maximum atomic E-state index is 13.5. The molecule has 0 unspecified atom stereocenters. The maximum absolute atomic E-state index is 13.5. The Kier molecular flexibility index (Phi) is 5.11. The van der Waals surface area contributed by atoms with Crippen LogP contribution < -0.4 is 10.1 Å². The second-order valence-corrected chi connectivity index (χ2v) is 7.03. The average molecular weight is 417 g/mol. The number of fused-ring (bicyclic) bond motifs is 1. The molecule has 2 amide bonds. The number of nitrogens with one attached hydrogen (secondary N) is 1. The van der Waals surface area contributed by atoms with Gasteiger partial charge in [-0.3, -0.25) is 0 Å². The fourth-order valence-corrected chi connectivity index (χ4v) is 3.47. The summed E-state index contributed by atoms with van der Waals surface area (Å²) in [5, 5.41) is 6.56. The number of anilines is 1. The van der Waals surface area contributed by atoms with Crippen molar-refractivity contribution < 1.29 is 27.2 Å². The molecule has 4 rings (SSSR count). The van der Waals surface area contributed by atoms with Crippen LogP contribution in [-0.4, -0.2) is 29.2 Å². The largest absolute Gasteiger partial charge is 0.497 e. The SMILES string of the molecule is COc1cccc(-c2onc3c2CN(C(=O)Nc2cc(F)c(F)c(F)c2)[C@@H](C)C3)c1. The van der Waals surface area contributed by atoms with Crippen LogP contribution in [0.1, 0.15) is 18.2 Å². The Morgan fingerprint density at radius 2 is 1.97 bits per heavy atom. The smallest absolute Gasteiger partial charge is 0.322 e. The van der Waals surface area contributed by atoms with Crippen molar-refractivity contribution in [1.29, 1.82) is 0 Å². The van der Waals surface area contributed by atoms with Crippen LogP contribution in [0.5, 0.6) is 5.75 Å². The van der Waals surface area contributed by atoms with E-state index < -0.39 is 23.5 Å². The lowest BCUT2D eigenvalue weighted by Crippen LogP contribution is -2.44. The molecule has 0 aliphatic carbocycles. The maximum Gasteiger partial charge on any atom is 0.322 e. The number of benzene rings is 2. The number of ether oxygens (including phenoxy) is 1. The zero-order chi connectivity index (χ0) is 21.4. The number of rotatable bonds is 3. The van der Waals surface area contributed by atoms with Gasteiger partial charge in [0.1, 0.15) is 5.75 Å². The van der Waals surface area contributed by atoms with Crippen molar-refractivity contribution in [2.45, 2.75) is 25.9 Å². The van der Waals surface area contributed by atoms with E-state index in [-0.39, 0.29) is 18.3 Å². The number of nitrogens with zero attached hydrogens (tertiary/aromatic N) is 2. The molecule has 9 heteroatoms. The van der Waals surface area contributed by atoms with Crippen molar-refractivity contribution in [3.05, 3.63) is 65.1 Å². The summed E-state index contributed by atoms with van der Waals surface area (Å²) in [4.78, 5) is 14.3. The second-order valence-electron chi connectivity index (χ2n) is 7.03. The van der Waals surface area contributed by atoms with Crippen molar-refractivity contribution in [2.24, 2.45) is 0 Å². The number of carbonyl (C=O) groups excluding carboxylic acids is 1. The number of halogens is 3. The molecule has 0 fully saturated rings. The normalized spacial score (nSPS) is 15.6. The standard InChI is InChI=1S/C21H18F3N3O3/c1-11-6-18-15(20(30-26-18)12-4-3-5-14(7-12)29-2)10-27(11)21(28)25-13-8-16(22)19(24)17(23)9-13/h3-5,7-9,11H,6,10H2,1-2H3,(H,25,28)/t11-/m0/s1. The zero-order valence-electron chi connectivity index (χ0n) is 16.2. The van der Waals surface area contributed by atoms with Gasteiger partial charge in [-0.1, -0.05) is 17.3 Å². The van der Waals surface area contributed by atoms with Crippen molar-refractivity contribution in [3.63, 3.8) is 0 Å². The van der Waals surface area contributed by atoms with Gasteiger partial charge >= 0.3 is 6.03 Å². The van der Waals surface area contributed by atoms with Crippen LogP contribution >= 0.6 is 0 Å². The third-order valence-electron chi connectivity index (χ3n) is 5.05. The van der Waals surface area contributed by atoms with Crippen molar-refractivity contribution in [2.75, 3.05) is 12.4 Å². The minimum absolute atomic E-state index is 0.173. The summed E-state index contributed by atoms with van der Waals surface area (Å²) < 4.78 is 50.8. The van der Waals surface area contributed by atoms with Gasteiger partial charge in [-0.25, -0.2) is 18.0 Å². The van der Waals surface area contributed by atoms with Gasteiger partial charge < -0.3 is 19.5 Å². The first kappa shape index (κ1) is 19.8. The Morgan fingerprint density at radius 3 is 2.67 bits per heavy atom. The highest BCUT2D eigenvalue weighted by Gasteiger charge is 2.32. The molecule has 2 aromatic carbocycles. The van der Waals surface area contributed by atoms with Crippen LogP contribution in [0, 0.1) is 17.5 Å². The number of hydrogen-bond donors (Lipinski definition) is 1. The Balaban J connectivity index is 1.60. The second kappa shape index (κ2) is 7.74. The van der Waals surface area contributed by atoms with Gasteiger partial charge in [0.15, 0.2) is 23.2 Å². The van der Waals surface area contributed by atoms with Crippen LogP contribution in [0.4, 0.5) is 23.7 Å². The molecule has 6 nitrogen and oxygen atoms in total. The van der Waals surface area contributed by atoms with Gasteiger partial charge in [0.2, 0.25) is 0 Å². The van der Waals surface area contributed by atoms with E-state index in [0.717, 1.165) is 29.0 Å². The molecule has 0 saturated heterocycles. The van der Waals surface area contributed by atoms with Crippen LogP contribution in [0.2, 0.25) is 0 Å². The number of carbonyl (C=O) groups is 1. The Hall–Kier alpha value is -3.49. The third-order valence-corrected chi connectivity index (χ3v) is 5.05. The van der Waals surface area contributed by atoms with Crippen LogP contribution in [0.3, 0.4) is 0 Å². The van der Waals surface area contributed by atoms with Gasteiger partial charge in [-0.15, -0.1) is 0 Å².